The first-order chi connectivity index (χ1) is 7.56. The SMILES string of the molecule is CCN(/C=C1\SC(NC(C)=O)=NC1=O)CC. The number of hydrogen-bond acceptors (Lipinski definition) is 4. The predicted molar refractivity (Wildman–Crippen MR) is 64.9 cm³/mol. The summed E-state index contributed by atoms with van der Waals surface area (Å²) < 4.78 is 0. The highest BCUT2D eigenvalue weighted by molar-refractivity contribution is 8.18. The summed E-state index contributed by atoms with van der Waals surface area (Å²) in [7, 11) is 0. The molecular weight excluding hydrogens is 226 g/mol. The van der Waals surface area contributed by atoms with Crippen LogP contribution in [-0.2, 0) is 9.59 Å². The van der Waals surface area contributed by atoms with Gasteiger partial charge in [0.15, 0.2) is 5.17 Å². The maximum atomic E-state index is 11.5. The monoisotopic (exact) mass is 241 g/mol. The lowest BCUT2D eigenvalue weighted by atomic mass is 10.5. The molecule has 0 saturated heterocycles. The second kappa shape index (κ2) is 5.69. The molecule has 0 spiro atoms. The first kappa shape index (κ1) is 12.8. The first-order valence-corrected chi connectivity index (χ1v) is 5.92. The van der Waals surface area contributed by atoms with Gasteiger partial charge in [-0.15, -0.1) is 0 Å². The average molecular weight is 241 g/mol. The Kier molecular flexibility index (Phi) is 4.54. The van der Waals surface area contributed by atoms with Crippen molar-refractivity contribution in [3.8, 4) is 0 Å². The summed E-state index contributed by atoms with van der Waals surface area (Å²) in [5, 5.41) is 2.86. The van der Waals surface area contributed by atoms with Crippen LogP contribution in [0.3, 0.4) is 0 Å². The third kappa shape index (κ3) is 3.37. The van der Waals surface area contributed by atoms with Crippen LogP contribution in [0, 0.1) is 0 Å². The molecule has 0 fully saturated rings. The number of nitrogens with one attached hydrogen (secondary N) is 1. The van der Waals surface area contributed by atoms with E-state index in [0.717, 1.165) is 13.1 Å². The van der Waals surface area contributed by atoms with Crippen LogP contribution in [0.2, 0.25) is 0 Å². The molecule has 0 aromatic heterocycles. The van der Waals surface area contributed by atoms with Crippen molar-refractivity contribution < 1.29 is 9.59 Å². The van der Waals surface area contributed by atoms with Gasteiger partial charge in [-0.3, -0.25) is 9.59 Å². The Morgan fingerprint density at radius 3 is 2.62 bits per heavy atom. The number of rotatable bonds is 3. The molecule has 1 aliphatic heterocycles. The largest absolute Gasteiger partial charge is 0.377 e. The highest BCUT2D eigenvalue weighted by Crippen LogP contribution is 2.25. The average Bonchev–Trinajstić information content (AvgIpc) is 2.54. The molecule has 1 rings (SSSR count). The zero-order valence-corrected chi connectivity index (χ0v) is 10.4. The molecule has 1 aliphatic rings. The van der Waals surface area contributed by atoms with E-state index in [1.165, 1.54) is 18.7 Å². The highest BCUT2D eigenvalue weighted by atomic mass is 32.2. The van der Waals surface area contributed by atoms with E-state index in [-0.39, 0.29) is 11.8 Å². The Hall–Kier alpha value is -1.30. The molecule has 88 valence electrons. The van der Waals surface area contributed by atoms with Gasteiger partial charge in [0.05, 0.1) is 4.91 Å². The van der Waals surface area contributed by atoms with Gasteiger partial charge in [0.1, 0.15) is 0 Å². The van der Waals surface area contributed by atoms with Crippen LogP contribution in [0.4, 0.5) is 0 Å². The van der Waals surface area contributed by atoms with Gasteiger partial charge < -0.3 is 10.2 Å². The van der Waals surface area contributed by atoms with Crippen LogP contribution in [0.15, 0.2) is 16.1 Å². The third-order valence-corrected chi connectivity index (χ3v) is 2.90. The van der Waals surface area contributed by atoms with E-state index in [4.69, 9.17) is 0 Å². The van der Waals surface area contributed by atoms with Gasteiger partial charge in [-0.05, 0) is 25.6 Å². The Bertz CT molecular complexity index is 359. The lowest BCUT2D eigenvalue weighted by molar-refractivity contribution is -0.117. The first-order valence-electron chi connectivity index (χ1n) is 5.11. The lowest BCUT2D eigenvalue weighted by Gasteiger charge is -2.15. The van der Waals surface area contributed by atoms with E-state index in [2.05, 4.69) is 10.3 Å². The number of amidine groups is 1. The molecule has 16 heavy (non-hydrogen) atoms. The van der Waals surface area contributed by atoms with Crippen LogP contribution < -0.4 is 5.32 Å². The normalized spacial score (nSPS) is 17.6. The Labute approximate surface area is 99.0 Å². The van der Waals surface area contributed by atoms with Crippen molar-refractivity contribution in [1.29, 1.82) is 0 Å². The van der Waals surface area contributed by atoms with Crippen LogP contribution in [0.5, 0.6) is 0 Å². The molecule has 0 aromatic carbocycles. The predicted octanol–water partition coefficient (Wildman–Crippen LogP) is 0.935. The summed E-state index contributed by atoms with van der Waals surface area (Å²) in [4.78, 5) is 28.6. The van der Waals surface area contributed by atoms with Gasteiger partial charge in [0.25, 0.3) is 5.91 Å². The molecule has 6 heteroatoms. The summed E-state index contributed by atoms with van der Waals surface area (Å²) in [6, 6.07) is 0. The van der Waals surface area contributed by atoms with Crippen LogP contribution >= 0.6 is 11.8 Å². The molecule has 0 saturated carbocycles. The Balaban J connectivity index is 2.69. The van der Waals surface area contributed by atoms with Crippen molar-refractivity contribution >= 4 is 28.7 Å². The Morgan fingerprint density at radius 2 is 2.12 bits per heavy atom. The zero-order valence-electron chi connectivity index (χ0n) is 9.61. The summed E-state index contributed by atoms with van der Waals surface area (Å²) in [6.45, 7) is 7.09. The van der Waals surface area contributed by atoms with E-state index in [9.17, 15) is 9.59 Å². The van der Waals surface area contributed by atoms with Crippen molar-refractivity contribution in [1.82, 2.24) is 10.2 Å². The number of aliphatic imine (C=N–C) groups is 1. The van der Waals surface area contributed by atoms with Crippen LogP contribution in [0.1, 0.15) is 20.8 Å². The minimum Gasteiger partial charge on any atom is -0.377 e. The van der Waals surface area contributed by atoms with Gasteiger partial charge in [0, 0.05) is 26.2 Å². The third-order valence-electron chi connectivity index (χ3n) is 2.02. The van der Waals surface area contributed by atoms with Gasteiger partial charge >= 0.3 is 0 Å². The molecule has 0 unspecified atom stereocenters. The van der Waals surface area contributed by atoms with E-state index in [0.29, 0.717) is 10.1 Å². The van der Waals surface area contributed by atoms with Gasteiger partial charge in [-0.1, -0.05) is 0 Å². The molecule has 1 N–H and O–H groups in total. The number of carbonyl (C=O) groups is 2. The summed E-state index contributed by atoms with van der Waals surface area (Å²) in [5.74, 6) is -0.510. The molecule has 0 aromatic rings. The van der Waals surface area contributed by atoms with Crippen molar-refractivity contribution in [3.05, 3.63) is 11.1 Å². The fourth-order valence-corrected chi connectivity index (χ4v) is 2.04. The zero-order chi connectivity index (χ0) is 12.1. The standard InChI is InChI=1S/C10H15N3O2S/c1-4-13(5-2)6-8-9(15)12-10(16-8)11-7(3)14/h6H,4-5H2,1-3H3,(H,11,12,14,15)/b8-6-. The molecular formula is C10H15N3O2S. The minimum atomic E-state index is -0.291. The van der Waals surface area contributed by atoms with Crippen molar-refractivity contribution in [2.45, 2.75) is 20.8 Å². The summed E-state index contributed by atoms with van der Waals surface area (Å²) in [6.07, 6.45) is 1.78. The quantitative estimate of drug-likeness (QED) is 0.747. The second-order valence-electron chi connectivity index (χ2n) is 3.22. The number of carbonyl (C=O) groups excluding carboxylic acids is 2. The highest BCUT2D eigenvalue weighted by Gasteiger charge is 2.22. The van der Waals surface area contributed by atoms with Crippen molar-refractivity contribution in [3.63, 3.8) is 0 Å². The van der Waals surface area contributed by atoms with Gasteiger partial charge in [0.2, 0.25) is 5.91 Å². The number of thioether (sulfide) groups is 1. The maximum absolute atomic E-state index is 11.5. The number of nitrogens with zero attached hydrogens (tertiary/aromatic N) is 2. The van der Waals surface area contributed by atoms with Crippen molar-refractivity contribution in [2.75, 3.05) is 13.1 Å². The van der Waals surface area contributed by atoms with E-state index >= 15 is 0 Å². The molecule has 0 bridgehead atoms. The van der Waals surface area contributed by atoms with E-state index in [1.807, 2.05) is 18.7 Å². The molecule has 2 amide bonds. The summed E-state index contributed by atoms with van der Waals surface area (Å²) >= 11 is 1.19. The minimum absolute atomic E-state index is 0.219. The van der Waals surface area contributed by atoms with Gasteiger partial charge in [-0.2, -0.15) is 4.99 Å². The van der Waals surface area contributed by atoms with Gasteiger partial charge in [-0.25, -0.2) is 0 Å². The topological polar surface area (TPSA) is 61.8 Å². The Morgan fingerprint density at radius 1 is 1.50 bits per heavy atom. The molecule has 5 nitrogen and oxygen atoms in total. The second-order valence-corrected chi connectivity index (χ2v) is 4.25. The lowest BCUT2D eigenvalue weighted by Crippen LogP contribution is -2.24. The summed E-state index contributed by atoms with van der Waals surface area (Å²) in [5.41, 5.74) is 0. The van der Waals surface area contributed by atoms with Crippen LogP contribution in [-0.4, -0.2) is 35.0 Å². The molecule has 0 aliphatic carbocycles. The molecule has 0 radical (unpaired) electrons. The fourth-order valence-electron chi connectivity index (χ4n) is 1.18. The molecule has 0 atom stereocenters. The van der Waals surface area contributed by atoms with E-state index < -0.39 is 0 Å². The molecule has 1 heterocycles. The van der Waals surface area contributed by atoms with Crippen molar-refractivity contribution in [2.24, 2.45) is 4.99 Å². The smallest absolute Gasteiger partial charge is 0.287 e. The maximum Gasteiger partial charge on any atom is 0.287 e. The number of hydrogen-bond donors (Lipinski definition) is 1. The number of amides is 2. The fraction of sp³-hybridized carbons (Fsp3) is 0.500. The van der Waals surface area contributed by atoms with Crippen LogP contribution in [0.25, 0.3) is 0 Å². The van der Waals surface area contributed by atoms with E-state index in [1.54, 1.807) is 6.20 Å².